The predicted molar refractivity (Wildman–Crippen MR) is 96.9 cm³/mol. The zero-order valence-corrected chi connectivity index (χ0v) is 15.2. The minimum Gasteiger partial charge on any atom is -0.493 e. The van der Waals surface area contributed by atoms with E-state index in [4.69, 9.17) is 4.74 Å². The Hall–Kier alpha value is -2.14. The van der Waals surface area contributed by atoms with Gasteiger partial charge in [-0.25, -0.2) is 0 Å². The van der Waals surface area contributed by atoms with Gasteiger partial charge in [0.25, 0.3) is 11.7 Å². The van der Waals surface area contributed by atoms with Gasteiger partial charge in [0, 0.05) is 11.0 Å². The van der Waals surface area contributed by atoms with Crippen LogP contribution < -0.4 is 9.64 Å². The van der Waals surface area contributed by atoms with Crippen LogP contribution in [0.2, 0.25) is 0 Å². The molecule has 1 aliphatic rings. The number of amides is 1. The molecule has 0 N–H and O–H groups in total. The number of para-hydroxylation sites is 1. The number of aryl methyl sites for hydroxylation is 2. The van der Waals surface area contributed by atoms with Crippen LogP contribution >= 0.6 is 15.9 Å². The third-order valence-electron chi connectivity index (χ3n) is 4.11. The van der Waals surface area contributed by atoms with E-state index in [0.29, 0.717) is 30.8 Å². The largest absolute Gasteiger partial charge is 0.493 e. The van der Waals surface area contributed by atoms with Gasteiger partial charge in [0.1, 0.15) is 5.75 Å². The number of anilines is 1. The fourth-order valence-corrected chi connectivity index (χ4v) is 3.28. The van der Waals surface area contributed by atoms with Crippen molar-refractivity contribution in [2.45, 2.75) is 20.3 Å². The zero-order valence-electron chi connectivity index (χ0n) is 13.6. The van der Waals surface area contributed by atoms with Gasteiger partial charge in [0.2, 0.25) is 0 Å². The topological polar surface area (TPSA) is 46.6 Å². The van der Waals surface area contributed by atoms with Crippen molar-refractivity contribution >= 4 is 33.3 Å². The van der Waals surface area contributed by atoms with E-state index in [0.717, 1.165) is 21.3 Å². The van der Waals surface area contributed by atoms with Gasteiger partial charge in [-0.3, -0.25) is 9.59 Å². The molecule has 0 atom stereocenters. The number of Topliss-reactive ketones (excluding diaryl/α,β-unsaturated/α-hetero) is 1. The number of rotatable bonds is 5. The van der Waals surface area contributed by atoms with E-state index in [1.807, 2.05) is 38.1 Å². The first-order valence-electron chi connectivity index (χ1n) is 7.84. The highest BCUT2D eigenvalue weighted by Crippen LogP contribution is 2.31. The van der Waals surface area contributed by atoms with Crippen LogP contribution in [-0.4, -0.2) is 24.8 Å². The molecule has 24 heavy (non-hydrogen) atoms. The van der Waals surface area contributed by atoms with Crippen LogP contribution in [0.5, 0.6) is 5.75 Å². The van der Waals surface area contributed by atoms with Crippen LogP contribution in [0.15, 0.2) is 40.9 Å². The molecule has 124 valence electrons. The van der Waals surface area contributed by atoms with Gasteiger partial charge in [-0.2, -0.15) is 0 Å². The lowest BCUT2D eigenvalue weighted by Gasteiger charge is -2.17. The molecule has 0 bridgehead atoms. The maximum absolute atomic E-state index is 12.2. The summed E-state index contributed by atoms with van der Waals surface area (Å²) in [7, 11) is 0. The highest BCUT2D eigenvalue weighted by Gasteiger charge is 2.35. The summed E-state index contributed by atoms with van der Waals surface area (Å²) < 4.78 is 6.66. The third-order valence-corrected chi connectivity index (χ3v) is 4.61. The summed E-state index contributed by atoms with van der Waals surface area (Å²) in [4.78, 5) is 25.8. The molecule has 4 nitrogen and oxygen atoms in total. The van der Waals surface area contributed by atoms with Crippen LogP contribution in [0.3, 0.4) is 0 Å². The predicted octanol–water partition coefficient (Wildman–Crippen LogP) is 4.06. The van der Waals surface area contributed by atoms with Crippen molar-refractivity contribution in [3.63, 3.8) is 0 Å². The maximum atomic E-state index is 12.2. The first-order chi connectivity index (χ1) is 11.5. The van der Waals surface area contributed by atoms with Crippen molar-refractivity contribution in [3.8, 4) is 5.75 Å². The molecule has 2 aromatic carbocycles. The van der Waals surface area contributed by atoms with Crippen molar-refractivity contribution in [2.24, 2.45) is 0 Å². The van der Waals surface area contributed by atoms with Gasteiger partial charge >= 0.3 is 0 Å². The van der Waals surface area contributed by atoms with Crippen LogP contribution in [0.25, 0.3) is 0 Å². The average Bonchev–Trinajstić information content (AvgIpc) is 2.78. The molecule has 0 saturated carbocycles. The van der Waals surface area contributed by atoms with Gasteiger partial charge in [-0.15, -0.1) is 0 Å². The SMILES string of the molecule is Cc1cccc(C)c1OCCCN1C(=O)C(=O)c2cc(Br)ccc21. The molecule has 0 aliphatic carbocycles. The lowest BCUT2D eigenvalue weighted by atomic mass is 10.1. The second kappa shape index (κ2) is 6.77. The quantitative estimate of drug-likeness (QED) is 0.573. The van der Waals surface area contributed by atoms with E-state index in [9.17, 15) is 9.59 Å². The standard InChI is InChI=1S/C19H18BrNO3/c1-12-5-3-6-13(2)18(12)24-10-4-9-21-16-8-7-14(20)11-15(16)17(22)19(21)23/h3,5-8,11H,4,9-10H2,1-2H3. The molecule has 0 fully saturated rings. The van der Waals surface area contributed by atoms with E-state index in [1.165, 1.54) is 4.90 Å². The Morgan fingerprint density at radius 2 is 1.79 bits per heavy atom. The molecule has 0 unspecified atom stereocenters. The lowest BCUT2D eigenvalue weighted by Crippen LogP contribution is -2.31. The fraction of sp³-hybridized carbons (Fsp3) is 0.263. The molecule has 1 aliphatic heterocycles. The lowest BCUT2D eigenvalue weighted by molar-refractivity contribution is -0.114. The van der Waals surface area contributed by atoms with Gasteiger partial charge in [0.05, 0.1) is 17.9 Å². The minimum atomic E-state index is -0.463. The van der Waals surface area contributed by atoms with Crippen LogP contribution in [0.1, 0.15) is 27.9 Å². The molecular formula is C19H18BrNO3. The van der Waals surface area contributed by atoms with Crippen molar-refractivity contribution in [1.29, 1.82) is 0 Å². The van der Waals surface area contributed by atoms with Crippen molar-refractivity contribution < 1.29 is 14.3 Å². The van der Waals surface area contributed by atoms with Crippen LogP contribution in [0, 0.1) is 13.8 Å². The molecule has 0 saturated heterocycles. The third kappa shape index (κ3) is 3.08. The van der Waals surface area contributed by atoms with E-state index < -0.39 is 11.7 Å². The van der Waals surface area contributed by atoms with E-state index in [1.54, 1.807) is 12.1 Å². The van der Waals surface area contributed by atoms with Gasteiger partial charge in [-0.1, -0.05) is 34.1 Å². The number of hydrogen-bond acceptors (Lipinski definition) is 3. The molecule has 0 spiro atoms. The minimum absolute atomic E-state index is 0.443. The summed E-state index contributed by atoms with van der Waals surface area (Å²) in [5, 5.41) is 0. The van der Waals surface area contributed by atoms with E-state index in [-0.39, 0.29) is 0 Å². The van der Waals surface area contributed by atoms with E-state index in [2.05, 4.69) is 15.9 Å². The van der Waals surface area contributed by atoms with Crippen molar-refractivity contribution in [1.82, 2.24) is 0 Å². The van der Waals surface area contributed by atoms with Gasteiger partial charge < -0.3 is 9.64 Å². The summed E-state index contributed by atoms with van der Waals surface area (Å²) in [5.41, 5.74) is 3.33. The first kappa shape index (κ1) is 16.7. The van der Waals surface area contributed by atoms with Crippen LogP contribution in [-0.2, 0) is 4.79 Å². The Labute approximate surface area is 149 Å². The second-order valence-corrected chi connectivity index (χ2v) is 6.79. The summed E-state index contributed by atoms with van der Waals surface area (Å²) in [6, 6.07) is 11.4. The number of benzene rings is 2. The van der Waals surface area contributed by atoms with E-state index >= 15 is 0 Å². The second-order valence-electron chi connectivity index (χ2n) is 5.87. The van der Waals surface area contributed by atoms with Crippen molar-refractivity contribution in [3.05, 3.63) is 57.6 Å². The molecule has 1 heterocycles. The average molecular weight is 388 g/mol. The number of ether oxygens (including phenoxy) is 1. The summed E-state index contributed by atoms with van der Waals surface area (Å²) in [6.45, 7) is 4.98. The smallest absolute Gasteiger partial charge is 0.299 e. The summed E-state index contributed by atoms with van der Waals surface area (Å²) in [5.74, 6) is -0.0113. The Bertz CT molecular complexity index is 796. The Kier molecular flexibility index (Phi) is 4.71. The fourth-order valence-electron chi connectivity index (χ4n) is 2.92. The number of halogens is 1. The Morgan fingerprint density at radius 1 is 1.08 bits per heavy atom. The normalized spacial score (nSPS) is 13.4. The monoisotopic (exact) mass is 387 g/mol. The zero-order chi connectivity index (χ0) is 17.3. The molecule has 0 aromatic heterocycles. The van der Waals surface area contributed by atoms with Gasteiger partial charge in [0.15, 0.2) is 0 Å². The number of nitrogens with zero attached hydrogens (tertiary/aromatic N) is 1. The molecule has 2 aromatic rings. The molecular weight excluding hydrogens is 370 g/mol. The molecule has 1 amide bonds. The Morgan fingerprint density at radius 3 is 2.50 bits per heavy atom. The maximum Gasteiger partial charge on any atom is 0.299 e. The first-order valence-corrected chi connectivity index (χ1v) is 8.63. The van der Waals surface area contributed by atoms with Gasteiger partial charge in [-0.05, 0) is 49.6 Å². The number of carbonyl (C=O) groups excluding carboxylic acids is 2. The highest BCUT2D eigenvalue weighted by atomic mass is 79.9. The molecule has 5 heteroatoms. The molecule has 3 rings (SSSR count). The summed E-state index contributed by atoms with van der Waals surface area (Å²) in [6.07, 6.45) is 0.655. The number of ketones is 1. The van der Waals surface area contributed by atoms with Crippen molar-refractivity contribution in [2.75, 3.05) is 18.1 Å². The number of carbonyl (C=O) groups is 2. The highest BCUT2D eigenvalue weighted by molar-refractivity contribution is 9.10. The molecule has 0 radical (unpaired) electrons. The number of fused-ring (bicyclic) bond motifs is 1. The number of hydrogen-bond donors (Lipinski definition) is 0. The van der Waals surface area contributed by atoms with Crippen LogP contribution in [0.4, 0.5) is 5.69 Å². The Balaban J connectivity index is 1.64. The summed E-state index contributed by atoms with van der Waals surface area (Å²) >= 11 is 3.33.